The first kappa shape index (κ1) is 16.7. The van der Waals surface area contributed by atoms with Gasteiger partial charge in [0.25, 0.3) is 0 Å². The molecular formula is C17H27NO2S. The molecule has 2 N–H and O–H groups in total. The highest BCUT2D eigenvalue weighted by atomic mass is 32.2. The number of aliphatic hydroxyl groups is 1. The van der Waals surface area contributed by atoms with Gasteiger partial charge in [0.1, 0.15) is 18.5 Å². The highest BCUT2D eigenvalue weighted by Crippen LogP contribution is 2.26. The van der Waals surface area contributed by atoms with Gasteiger partial charge in [0, 0.05) is 17.8 Å². The third-order valence-corrected chi connectivity index (χ3v) is 5.16. The molecule has 0 bridgehead atoms. The molecule has 0 aliphatic heterocycles. The van der Waals surface area contributed by atoms with Crippen LogP contribution in [-0.2, 0) is 0 Å². The largest absolute Gasteiger partial charge is 0.491 e. The molecule has 0 aromatic heterocycles. The minimum atomic E-state index is -0.457. The second-order valence-electron chi connectivity index (χ2n) is 5.91. The summed E-state index contributed by atoms with van der Waals surface area (Å²) in [5.74, 6) is 0.819. The number of hydrogen-bond acceptors (Lipinski definition) is 4. The molecule has 1 aliphatic rings. The zero-order valence-corrected chi connectivity index (χ0v) is 13.9. The maximum absolute atomic E-state index is 10.0. The monoisotopic (exact) mass is 309 g/mol. The predicted octanol–water partition coefficient (Wildman–Crippen LogP) is 3.00. The van der Waals surface area contributed by atoms with Gasteiger partial charge in [0.2, 0.25) is 0 Å². The summed E-state index contributed by atoms with van der Waals surface area (Å²) < 4.78 is 5.61. The highest BCUT2D eigenvalue weighted by molar-refractivity contribution is 7.99. The van der Waals surface area contributed by atoms with Crippen molar-refractivity contribution in [3.05, 3.63) is 29.8 Å². The molecule has 4 heteroatoms. The van der Waals surface area contributed by atoms with Gasteiger partial charge in [-0.1, -0.05) is 24.1 Å². The van der Waals surface area contributed by atoms with Crippen molar-refractivity contribution < 1.29 is 9.84 Å². The standard InChI is InChI=1S/C17H27NO2S/c1-13-6-8-16(9-7-13)20-12-15(19)11-18-14-4-3-5-17(10-14)21-2/h6-9,14-15,17-19H,3-5,10-12H2,1-2H3. The van der Waals surface area contributed by atoms with E-state index >= 15 is 0 Å². The summed E-state index contributed by atoms with van der Waals surface area (Å²) in [7, 11) is 0. The first-order valence-electron chi connectivity index (χ1n) is 7.81. The number of aryl methyl sites for hydroxylation is 1. The molecule has 0 spiro atoms. The van der Waals surface area contributed by atoms with Crippen molar-refractivity contribution in [2.75, 3.05) is 19.4 Å². The molecule has 0 heterocycles. The second-order valence-corrected chi connectivity index (χ2v) is 7.05. The average Bonchev–Trinajstić information content (AvgIpc) is 2.52. The van der Waals surface area contributed by atoms with E-state index in [1.54, 1.807) is 0 Å². The summed E-state index contributed by atoms with van der Waals surface area (Å²) in [6.45, 7) is 3.00. The number of rotatable bonds is 7. The van der Waals surface area contributed by atoms with Gasteiger partial charge in [0.15, 0.2) is 0 Å². The Morgan fingerprint density at radius 1 is 1.33 bits per heavy atom. The Morgan fingerprint density at radius 3 is 2.81 bits per heavy atom. The Kier molecular flexibility index (Phi) is 6.87. The molecule has 3 unspecified atom stereocenters. The van der Waals surface area contributed by atoms with Crippen molar-refractivity contribution in [1.82, 2.24) is 5.32 Å². The van der Waals surface area contributed by atoms with Gasteiger partial charge in [-0.05, 0) is 44.6 Å². The lowest BCUT2D eigenvalue weighted by Gasteiger charge is -2.29. The lowest BCUT2D eigenvalue weighted by molar-refractivity contribution is 0.102. The Labute approximate surface area is 132 Å². The van der Waals surface area contributed by atoms with Crippen molar-refractivity contribution in [3.63, 3.8) is 0 Å². The van der Waals surface area contributed by atoms with Crippen LogP contribution in [0.5, 0.6) is 5.75 Å². The summed E-state index contributed by atoms with van der Waals surface area (Å²) in [6, 6.07) is 8.47. The van der Waals surface area contributed by atoms with Gasteiger partial charge in [-0.15, -0.1) is 0 Å². The van der Waals surface area contributed by atoms with Gasteiger partial charge < -0.3 is 15.2 Å². The smallest absolute Gasteiger partial charge is 0.119 e. The van der Waals surface area contributed by atoms with E-state index in [1.165, 1.54) is 31.2 Å². The van der Waals surface area contributed by atoms with Gasteiger partial charge in [-0.25, -0.2) is 0 Å². The van der Waals surface area contributed by atoms with E-state index in [0.29, 0.717) is 19.2 Å². The highest BCUT2D eigenvalue weighted by Gasteiger charge is 2.21. The number of hydrogen-bond donors (Lipinski definition) is 2. The van der Waals surface area contributed by atoms with Gasteiger partial charge in [-0.2, -0.15) is 11.8 Å². The molecule has 0 amide bonds. The fourth-order valence-electron chi connectivity index (χ4n) is 2.73. The van der Waals surface area contributed by atoms with E-state index in [4.69, 9.17) is 4.74 Å². The van der Waals surface area contributed by atoms with Gasteiger partial charge >= 0.3 is 0 Å². The number of thioether (sulfide) groups is 1. The molecular weight excluding hydrogens is 282 g/mol. The van der Waals surface area contributed by atoms with E-state index in [0.717, 1.165) is 11.0 Å². The van der Waals surface area contributed by atoms with Crippen LogP contribution in [0.2, 0.25) is 0 Å². The molecule has 1 aromatic carbocycles. The van der Waals surface area contributed by atoms with Crippen LogP contribution in [0.25, 0.3) is 0 Å². The quantitative estimate of drug-likeness (QED) is 0.812. The van der Waals surface area contributed by atoms with Gasteiger partial charge in [0.05, 0.1) is 0 Å². The molecule has 3 nitrogen and oxygen atoms in total. The normalized spacial score (nSPS) is 23.8. The molecule has 1 saturated carbocycles. The van der Waals surface area contributed by atoms with Crippen LogP contribution < -0.4 is 10.1 Å². The van der Waals surface area contributed by atoms with Crippen LogP contribution in [0, 0.1) is 6.92 Å². The molecule has 1 aromatic rings. The van der Waals surface area contributed by atoms with Crippen molar-refractivity contribution in [2.24, 2.45) is 0 Å². The maximum Gasteiger partial charge on any atom is 0.119 e. The summed E-state index contributed by atoms with van der Waals surface area (Å²) in [4.78, 5) is 0. The van der Waals surface area contributed by atoms with Crippen LogP contribution in [-0.4, -0.2) is 41.9 Å². The van der Waals surface area contributed by atoms with E-state index in [-0.39, 0.29) is 0 Å². The topological polar surface area (TPSA) is 41.5 Å². The molecule has 0 radical (unpaired) electrons. The van der Waals surface area contributed by atoms with E-state index in [9.17, 15) is 5.11 Å². The molecule has 21 heavy (non-hydrogen) atoms. The molecule has 118 valence electrons. The molecule has 0 saturated heterocycles. The number of ether oxygens (including phenoxy) is 1. The van der Waals surface area contributed by atoms with Crippen molar-refractivity contribution in [1.29, 1.82) is 0 Å². The van der Waals surface area contributed by atoms with Crippen LogP contribution >= 0.6 is 11.8 Å². The van der Waals surface area contributed by atoms with Crippen LogP contribution in [0.1, 0.15) is 31.2 Å². The van der Waals surface area contributed by atoms with Crippen LogP contribution in [0.4, 0.5) is 0 Å². The first-order chi connectivity index (χ1) is 10.2. The summed E-state index contributed by atoms with van der Waals surface area (Å²) in [6.07, 6.45) is 6.80. The maximum atomic E-state index is 10.0. The Morgan fingerprint density at radius 2 is 2.10 bits per heavy atom. The van der Waals surface area contributed by atoms with Crippen molar-refractivity contribution in [3.8, 4) is 5.75 Å². The Balaban J connectivity index is 1.65. The lowest BCUT2D eigenvalue weighted by atomic mass is 9.95. The van der Waals surface area contributed by atoms with Crippen molar-refractivity contribution >= 4 is 11.8 Å². The second kappa shape index (κ2) is 8.66. The van der Waals surface area contributed by atoms with Crippen LogP contribution in [0.15, 0.2) is 24.3 Å². The fraction of sp³-hybridized carbons (Fsp3) is 0.647. The minimum absolute atomic E-state index is 0.342. The molecule has 1 aliphatic carbocycles. The van der Waals surface area contributed by atoms with E-state index in [2.05, 4.69) is 18.5 Å². The zero-order valence-electron chi connectivity index (χ0n) is 13.0. The molecule has 2 rings (SSSR count). The first-order valence-corrected chi connectivity index (χ1v) is 9.10. The fourth-order valence-corrected chi connectivity index (χ4v) is 3.56. The number of nitrogens with one attached hydrogen (secondary N) is 1. The average molecular weight is 309 g/mol. The van der Waals surface area contributed by atoms with E-state index < -0.39 is 6.10 Å². The molecule has 1 fully saturated rings. The van der Waals surface area contributed by atoms with E-state index in [1.807, 2.05) is 36.0 Å². The van der Waals surface area contributed by atoms with Crippen molar-refractivity contribution in [2.45, 2.75) is 50.0 Å². The summed E-state index contributed by atoms with van der Waals surface area (Å²) in [5, 5.41) is 14.3. The summed E-state index contributed by atoms with van der Waals surface area (Å²) in [5.41, 5.74) is 1.21. The SMILES string of the molecule is CSC1CCCC(NCC(O)COc2ccc(C)cc2)C1. The molecule has 3 atom stereocenters. The summed E-state index contributed by atoms with van der Waals surface area (Å²) >= 11 is 1.97. The zero-order chi connectivity index (χ0) is 15.1. The Bertz CT molecular complexity index is 410. The minimum Gasteiger partial charge on any atom is -0.491 e. The number of aliphatic hydroxyl groups excluding tert-OH is 1. The predicted molar refractivity (Wildman–Crippen MR) is 90.2 cm³/mol. The van der Waals surface area contributed by atoms with Crippen LogP contribution in [0.3, 0.4) is 0 Å². The Hall–Kier alpha value is -0.710. The number of benzene rings is 1. The lowest BCUT2D eigenvalue weighted by Crippen LogP contribution is -2.41. The third kappa shape index (κ3) is 5.89. The van der Waals surface area contributed by atoms with Gasteiger partial charge in [-0.3, -0.25) is 0 Å². The third-order valence-electron chi connectivity index (χ3n) is 4.06.